The van der Waals surface area contributed by atoms with Gasteiger partial charge >= 0.3 is 6.18 Å². The van der Waals surface area contributed by atoms with Crippen LogP contribution >= 0.6 is 23.1 Å². The molecule has 4 heterocycles. The highest BCUT2D eigenvalue weighted by molar-refractivity contribution is 9.10. The molecule has 0 bridgehead atoms. The van der Waals surface area contributed by atoms with Gasteiger partial charge in [0, 0.05) is 50.5 Å². The Hall–Kier alpha value is -3.26. The average Bonchev–Trinajstić information content (AvgIpc) is 3.01. The van der Waals surface area contributed by atoms with E-state index in [0.717, 1.165) is 32.0 Å². The Balaban J connectivity index is 1.26. The molecule has 16 heteroatoms. The monoisotopic (exact) mass is 739 g/mol. The molecule has 0 saturated carbocycles. The standard InChI is InChI=1S/C31H38BrF3N7O4P/c1-36-18-16-42(17-18)19-7-9-41(10-8-19)24-14-26(44-2)23(13-20(24)31(33,34)35)39-30-37-15-21(32)29(40-30)38-22-5-6-25-27(46-12-11-45-25)28(22)47(3,4)43/h5-6,13-15,18-19,36H,7-12,16-17H2,1-4H3,(H2,37,38,39,40). The van der Waals surface area contributed by atoms with E-state index >= 15 is 0 Å². The number of benzene rings is 2. The number of aromatic nitrogens is 2. The second-order valence-corrected chi connectivity index (χ2v) is 16.2. The second-order valence-electron chi connectivity index (χ2n) is 12.2. The maximum atomic E-state index is 14.5. The van der Waals surface area contributed by atoms with Crippen molar-refractivity contribution in [1.29, 1.82) is 0 Å². The topological polar surface area (TPSA) is 113 Å². The van der Waals surface area contributed by atoms with Gasteiger partial charge in [-0.2, -0.15) is 18.2 Å². The fourth-order valence-corrected chi connectivity index (χ4v) is 7.95. The van der Waals surface area contributed by atoms with Gasteiger partial charge in [-0.05, 0) is 67.3 Å². The molecule has 0 unspecified atom stereocenters. The van der Waals surface area contributed by atoms with Crippen molar-refractivity contribution in [3.63, 3.8) is 0 Å². The third-order valence-corrected chi connectivity index (χ3v) is 10.8. The normalized spacial score (nSPS) is 17.7. The van der Waals surface area contributed by atoms with Crippen LogP contribution in [-0.4, -0.2) is 93.8 Å². The van der Waals surface area contributed by atoms with Crippen molar-refractivity contribution in [2.75, 3.05) is 82.4 Å². The van der Waals surface area contributed by atoms with E-state index < -0.39 is 18.9 Å². The van der Waals surface area contributed by atoms with Gasteiger partial charge in [-0.15, -0.1) is 0 Å². The number of nitrogens with one attached hydrogen (secondary N) is 3. The van der Waals surface area contributed by atoms with Crippen molar-refractivity contribution in [2.45, 2.75) is 31.1 Å². The molecule has 0 radical (unpaired) electrons. The zero-order valence-electron chi connectivity index (χ0n) is 26.6. The molecule has 47 heavy (non-hydrogen) atoms. The number of piperidine rings is 1. The van der Waals surface area contributed by atoms with Gasteiger partial charge in [-0.25, -0.2) is 4.98 Å². The third kappa shape index (κ3) is 7.13. The van der Waals surface area contributed by atoms with Gasteiger partial charge in [0.15, 0.2) is 11.5 Å². The Morgan fingerprint density at radius 3 is 2.45 bits per heavy atom. The van der Waals surface area contributed by atoms with Gasteiger partial charge in [0.1, 0.15) is 31.9 Å². The lowest BCUT2D eigenvalue weighted by molar-refractivity contribution is -0.137. The smallest absolute Gasteiger partial charge is 0.418 e. The minimum absolute atomic E-state index is 0.0281. The van der Waals surface area contributed by atoms with E-state index in [-0.39, 0.29) is 23.1 Å². The molecular weight excluding hydrogens is 702 g/mol. The number of halogens is 4. The lowest BCUT2D eigenvalue weighted by atomic mass is 9.96. The molecular formula is C31H38BrF3N7O4P. The van der Waals surface area contributed by atoms with Crippen LogP contribution in [0.2, 0.25) is 0 Å². The van der Waals surface area contributed by atoms with Crippen LogP contribution in [0.15, 0.2) is 34.9 Å². The van der Waals surface area contributed by atoms with E-state index in [0.29, 0.717) is 71.2 Å². The number of alkyl halides is 3. The van der Waals surface area contributed by atoms with Crippen molar-refractivity contribution in [2.24, 2.45) is 0 Å². The summed E-state index contributed by atoms with van der Waals surface area (Å²) >= 11 is 3.45. The minimum Gasteiger partial charge on any atom is -0.494 e. The van der Waals surface area contributed by atoms with E-state index in [1.165, 1.54) is 19.4 Å². The first-order valence-electron chi connectivity index (χ1n) is 15.4. The van der Waals surface area contributed by atoms with E-state index in [9.17, 15) is 17.7 Å². The van der Waals surface area contributed by atoms with Crippen LogP contribution in [0.3, 0.4) is 0 Å². The van der Waals surface area contributed by atoms with Gasteiger partial charge < -0.3 is 39.6 Å². The highest BCUT2D eigenvalue weighted by Gasteiger charge is 2.39. The number of fused-ring (bicyclic) bond motifs is 1. The highest BCUT2D eigenvalue weighted by atomic mass is 79.9. The quantitative estimate of drug-likeness (QED) is 0.237. The lowest BCUT2D eigenvalue weighted by Crippen LogP contribution is -2.61. The number of ether oxygens (including phenoxy) is 3. The predicted molar refractivity (Wildman–Crippen MR) is 180 cm³/mol. The summed E-state index contributed by atoms with van der Waals surface area (Å²) in [5, 5.41) is 9.86. The third-order valence-electron chi connectivity index (χ3n) is 8.73. The van der Waals surface area contributed by atoms with E-state index in [2.05, 4.69) is 46.7 Å². The predicted octanol–water partition coefficient (Wildman–Crippen LogP) is 5.65. The summed E-state index contributed by atoms with van der Waals surface area (Å²) in [5.41, 5.74) is -0.119. The molecule has 0 spiro atoms. The molecule has 11 nitrogen and oxygen atoms in total. The van der Waals surface area contributed by atoms with Crippen LogP contribution < -0.4 is 40.4 Å². The van der Waals surface area contributed by atoms with Crippen LogP contribution in [0.25, 0.3) is 0 Å². The largest absolute Gasteiger partial charge is 0.494 e. The summed E-state index contributed by atoms with van der Waals surface area (Å²) < 4.78 is 74.5. The Morgan fingerprint density at radius 1 is 1.06 bits per heavy atom. The lowest BCUT2D eigenvalue weighted by Gasteiger charge is -2.47. The van der Waals surface area contributed by atoms with Crippen LogP contribution in [0, 0.1) is 0 Å². The summed E-state index contributed by atoms with van der Waals surface area (Å²) in [6, 6.07) is 6.79. The Kier molecular flexibility index (Phi) is 9.54. The molecule has 2 fully saturated rings. The summed E-state index contributed by atoms with van der Waals surface area (Å²) in [5.74, 6) is 1.47. The SMILES string of the molecule is CNC1CN(C2CCN(c3cc(OC)c(Nc4ncc(Br)c(Nc5ccc6c(c5P(C)(C)=O)OCCO6)n4)cc3C(F)(F)F)CC2)C1. The van der Waals surface area contributed by atoms with Gasteiger partial charge in [0.05, 0.1) is 39.5 Å². The Morgan fingerprint density at radius 2 is 1.79 bits per heavy atom. The maximum Gasteiger partial charge on any atom is 0.418 e. The number of likely N-dealkylation sites (tertiary alicyclic amines) is 1. The zero-order valence-corrected chi connectivity index (χ0v) is 29.1. The highest BCUT2D eigenvalue weighted by Crippen LogP contribution is 2.47. The second kappa shape index (κ2) is 13.3. The first-order chi connectivity index (χ1) is 22.4. The van der Waals surface area contributed by atoms with Gasteiger partial charge in [0.2, 0.25) is 5.95 Å². The molecule has 1 aromatic heterocycles. The Bertz CT molecular complexity index is 1680. The molecule has 3 aliphatic heterocycles. The van der Waals surface area contributed by atoms with Crippen LogP contribution in [-0.2, 0) is 10.7 Å². The molecule has 3 aliphatic rings. The molecule has 3 aromatic rings. The van der Waals surface area contributed by atoms with E-state index in [1.54, 1.807) is 30.4 Å². The minimum atomic E-state index is -4.61. The van der Waals surface area contributed by atoms with Crippen LogP contribution in [0.5, 0.6) is 17.2 Å². The van der Waals surface area contributed by atoms with E-state index in [1.807, 2.05) is 7.05 Å². The van der Waals surface area contributed by atoms with Gasteiger partial charge in [-0.1, -0.05) is 0 Å². The molecule has 3 N–H and O–H groups in total. The van der Waals surface area contributed by atoms with E-state index in [4.69, 9.17) is 14.2 Å². The molecule has 0 amide bonds. The number of hydrogen-bond acceptors (Lipinski definition) is 11. The number of likely N-dealkylation sites (N-methyl/N-ethyl adjacent to an activating group) is 1. The van der Waals surface area contributed by atoms with Crippen LogP contribution in [0.1, 0.15) is 18.4 Å². The van der Waals surface area contributed by atoms with Crippen molar-refractivity contribution >= 4 is 57.2 Å². The fourth-order valence-electron chi connectivity index (χ4n) is 6.29. The molecule has 2 aromatic carbocycles. The molecule has 6 rings (SSSR count). The van der Waals surface area contributed by atoms with Crippen molar-refractivity contribution in [3.05, 3.63) is 40.5 Å². The van der Waals surface area contributed by atoms with Crippen molar-refractivity contribution in [3.8, 4) is 17.2 Å². The maximum absolute atomic E-state index is 14.5. The molecule has 254 valence electrons. The summed E-state index contributed by atoms with van der Waals surface area (Å²) in [4.78, 5) is 13.0. The summed E-state index contributed by atoms with van der Waals surface area (Å²) in [6.45, 7) is 6.94. The summed E-state index contributed by atoms with van der Waals surface area (Å²) in [6.07, 6.45) is -1.56. The number of hydrogen-bond donors (Lipinski definition) is 3. The zero-order chi connectivity index (χ0) is 33.5. The number of rotatable bonds is 9. The number of methoxy groups -OCH3 is 1. The summed E-state index contributed by atoms with van der Waals surface area (Å²) in [7, 11) is 0.494. The van der Waals surface area contributed by atoms with Gasteiger partial charge in [-0.3, -0.25) is 4.90 Å². The first kappa shape index (κ1) is 33.6. The Labute approximate surface area is 280 Å². The average molecular weight is 741 g/mol. The van der Waals surface area contributed by atoms with Crippen molar-refractivity contribution < 1.29 is 31.9 Å². The van der Waals surface area contributed by atoms with Gasteiger partial charge in [0.25, 0.3) is 0 Å². The van der Waals surface area contributed by atoms with Crippen molar-refractivity contribution in [1.82, 2.24) is 20.2 Å². The molecule has 2 saturated heterocycles. The van der Waals surface area contributed by atoms with Crippen LogP contribution in [0.4, 0.5) is 42.0 Å². The first-order valence-corrected chi connectivity index (χ1v) is 18.8. The molecule has 0 aliphatic carbocycles. The fraction of sp³-hybridized carbons (Fsp3) is 0.484. The number of anilines is 5. The number of nitrogens with zero attached hydrogens (tertiary/aromatic N) is 4. The molecule has 0 atom stereocenters.